The third-order valence-corrected chi connectivity index (χ3v) is 6.28. The predicted octanol–water partition coefficient (Wildman–Crippen LogP) is 3.71. The monoisotopic (exact) mass is 415 g/mol. The Hall–Kier alpha value is -3.74. The first-order valence-corrected chi connectivity index (χ1v) is 10.2. The van der Waals surface area contributed by atoms with Crippen LogP contribution in [0.1, 0.15) is 35.6 Å². The minimum absolute atomic E-state index is 0.0428. The minimum Gasteiger partial charge on any atom is -0.481 e. The predicted molar refractivity (Wildman–Crippen MR) is 112 cm³/mol. The van der Waals surface area contributed by atoms with E-state index in [4.69, 9.17) is 4.74 Å². The number of carboxylic acids is 1. The molecule has 1 amide bonds. The van der Waals surface area contributed by atoms with Crippen LogP contribution in [0.2, 0.25) is 0 Å². The Bertz CT molecular complexity index is 1100. The van der Waals surface area contributed by atoms with Gasteiger partial charge in [-0.3, -0.25) is 14.8 Å². The maximum Gasteiger partial charge on any atom is 0.407 e. The van der Waals surface area contributed by atoms with Gasteiger partial charge in [0.05, 0.1) is 23.3 Å². The summed E-state index contributed by atoms with van der Waals surface area (Å²) in [5.74, 6) is -1.46. The van der Waals surface area contributed by atoms with Gasteiger partial charge in [-0.2, -0.15) is 0 Å². The summed E-state index contributed by atoms with van der Waals surface area (Å²) in [6.45, 7) is 0.193. The summed E-state index contributed by atoms with van der Waals surface area (Å²) in [5, 5.41) is 12.2. The molecule has 5 rings (SSSR count). The van der Waals surface area contributed by atoms with Crippen LogP contribution in [0.3, 0.4) is 0 Å². The third kappa shape index (κ3) is 3.32. The second-order valence-electron chi connectivity index (χ2n) is 8.07. The maximum absolute atomic E-state index is 12.8. The SMILES string of the molecule is O=C(NC1(c2cnccn2)CC(C(=O)O)C1)OCC1c2ccccc2-c2ccccc21. The van der Waals surface area contributed by atoms with E-state index in [0.717, 1.165) is 22.3 Å². The average molecular weight is 415 g/mol. The molecule has 2 aliphatic rings. The molecule has 2 aliphatic carbocycles. The molecule has 2 aromatic carbocycles. The highest BCUT2D eigenvalue weighted by molar-refractivity contribution is 5.79. The van der Waals surface area contributed by atoms with E-state index >= 15 is 0 Å². The molecule has 0 bridgehead atoms. The van der Waals surface area contributed by atoms with Crippen LogP contribution in [0.25, 0.3) is 11.1 Å². The lowest BCUT2D eigenvalue weighted by Gasteiger charge is -2.45. The van der Waals surface area contributed by atoms with E-state index in [1.807, 2.05) is 24.3 Å². The number of nitrogens with one attached hydrogen (secondary N) is 1. The van der Waals surface area contributed by atoms with Crippen LogP contribution in [-0.4, -0.2) is 33.7 Å². The molecule has 0 aliphatic heterocycles. The highest BCUT2D eigenvalue weighted by Gasteiger charge is 2.51. The molecule has 0 spiro atoms. The number of carbonyl (C=O) groups is 2. The Kier molecular flexibility index (Phi) is 4.66. The van der Waals surface area contributed by atoms with Crippen LogP contribution in [0.4, 0.5) is 4.79 Å². The van der Waals surface area contributed by atoms with E-state index < -0.39 is 23.5 Å². The Morgan fingerprint density at radius 1 is 1.03 bits per heavy atom. The van der Waals surface area contributed by atoms with Crippen molar-refractivity contribution in [3.05, 3.63) is 83.9 Å². The fraction of sp³-hybridized carbons (Fsp3) is 0.250. The van der Waals surface area contributed by atoms with Crippen LogP contribution in [0.5, 0.6) is 0 Å². The van der Waals surface area contributed by atoms with Crippen molar-refractivity contribution in [3.63, 3.8) is 0 Å². The van der Waals surface area contributed by atoms with Crippen LogP contribution >= 0.6 is 0 Å². The van der Waals surface area contributed by atoms with Gasteiger partial charge in [0.1, 0.15) is 6.61 Å². The van der Waals surface area contributed by atoms with Gasteiger partial charge in [0.2, 0.25) is 0 Å². The van der Waals surface area contributed by atoms with Crippen molar-refractivity contribution in [2.75, 3.05) is 6.61 Å². The third-order valence-electron chi connectivity index (χ3n) is 6.28. The number of carboxylic acid groups (broad SMARTS) is 1. The van der Waals surface area contributed by atoms with Crippen LogP contribution in [0.15, 0.2) is 67.1 Å². The van der Waals surface area contributed by atoms with Gasteiger partial charge in [-0.1, -0.05) is 48.5 Å². The van der Waals surface area contributed by atoms with Gasteiger partial charge in [-0.15, -0.1) is 0 Å². The molecule has 0 radical (unpaired) electrons. The summed E-state index contributed by atoms with van der Waals surface area (Å²) in [4.78, 5) is 32.5. The maximum atomic E-state index is 12.8. The number of aromatic nitrogens is 2. The summed E-state index contributed by atoms with van der Waals surface area (Å²) in [5.41, 5.74) is 4.25. The highest BCUT2D eigenvalue weighted by Crippen LogP contribution is 2.46. The molecule has 7 nitrogen and oxygen atoms in total. The van der Waals surface area contributed by atoms with Crippen molar-refractivity contribution in [2.24, 2.45) is 5.92 Å². The summed E-state index contributed by atoms with van der Waals surface area (Å²) >= 11 is 0. The molecule has 1 saturated carbocycles. The molecule has 3 aromatic rings. The number of rotatable bonds is 5. The lowest BCUT2D eigenvalue weighted by atomic mass is 9.66. The molecule has 1 heterocycles. The van der Waals surface area contributed by atoms with Gasteiger partial charge < -0.3 is 15.2 Å². The number of carbonyl (C=O) groups excluding carboxylic acids is 1. The number of hydrogen-bond acceptors (Lipinski definition) is 5. The molecular weight excluding hydrogens is 394 g/mol. The minimum atomic E-state index is -0.881. The molecule has 7 heteroatoms. The molecule has 0 atom stereocenters. The number of amides is 1. The second kappa shape index (κ2) is 7.50. The van der Waals surface area contributed by atoms with Gasteiger partial charge in [-0.25, -0.2) is 4.79 Å². The first-order valence-electron chi connectivity index (χ1n) is 10.2. The summed E-state index contributed by atoms with van der Waals surface area (Å²) in [7, 11) is 0. The van der Waals surface area contributed by atoms with E-state index in [0.29, 0.717) is 5.69 Å². The first-order chi connectivity index (χ1) is 15.1. The van der Waals surface area contributed by atoms with Crippen molar-refractivity contribution in [1.29, 1.82) is 0 Å². The quantitative estimate of drug-likeness (QED) is 0.659. The number of hydrogen-bond donors (Lipinski definition) is 2. The zero-order chi connectivity index (χ0) is 21.4. The van der Waals surface area contributed by atoms with E-state index in [1.54, 1.807) is 6.20 Å². The van der Waals surface area contributed by atoms with Crippen LogP contribution < -0.4 is 5.32 Å². The number of alkyl carbamates (subject to hydrolysis) is 1. The van der Waals surface area contributed by atoms with E-state index in [2.05, 4.69) is 39.6 Å². The molecular formula is C24H21N3O4. The molecule has 31 heavy (non-hydrogen) atoms. The zero-order valence-electron chi connectivity index (χ0n) is 16.7. The van der Waals surface area contributed by atoms with Crippen molar-refractivity contribution in [2.45, 2.75) is 24.3 Å². The normalized spacial score (nSPS) is 21.5. The Labute approximate surface area is 179 Å². The zero-order valence-corrected chi connectivity index (χ0v) is 16.7. The lowest BCUT2D eigenvalue weighted by Crippen LogP contribution is -2.57. The summed E-state index contributed by atoms with van der Waals surface area (Å²) < 4.78 is 5.64. The summed E-state index contributed by atoms with van der Waals surface area (Å²) in [6.07, 6.45) is 4.55. The molecule has 1 fully saturated rings. The lowest BCUT2D eigenvalue weighted by molar-refractivity contribution is -0.148. The molecule has 1 aromatic heterocycles. The second-order valence-corrected chi connectivity index (χ2v) is 8.07. The van der Waals surface area contributed by atoms with Crippen molar-refractivity contribution in [3.8, 4) is 11.1 Å². The highest BCUT2D eigenvalue weighted by atomic mass is 16.5. The molecule has 2 N–H and O–H groups in total. The number of nitrogens with zero attached hydrogens (tertiary/aromatic N) is 2. The van der Waals surface area contributed by atoms with Gasteiger partial charge >= 0.3 is 12.1 Å². The topological polar surface area (TPSA) is 101 Å². The van der Waals surface area contributed by atoms with Crippen LogP contribution in [0, 0.1) is 5.92 Å². The van der Waals surface area contributed by atoms with Gasteiger partial charge in [0.25, 0.3) is 0 Å². The van der Waals surface area contributed by atoms with Crippen molar-refractivity contribution in [1.82, 2.24) is 15.3 Å². The Balaban J connectivity index is 1.32. The number of fused-ring (bicyclic) bond motifs is 3. The van der Waals surface area contributed by atoms with Gasteiger partial charge in [0, 0.05) is 18.3 Å². The van der Waals surface area contributed by atoms with Crippen LogP contribution in [-0.2, 0) is 15.1 Å². The van der Waals surface area contributed by atoms with E-state index in [-0.39, 0.29) is 25.4 Å². The molecule has 0 saturated heterocycles. The summed E-state index contributed by atoms with van der Waals surface area (Å²) in [6, 6.07) is 16.3. The molecule has 0 unspecified atom stereocenters. The fourth-order valence-corrected chi connectivity index (χ4v) is 4.71. The standard InChI is InChI=1S/C24H21N3O4/c28-22(29)15-11-24(12-15,21-13-25-9-10-26-21)27-23(30)31-14-20-18-7-3-1-5-16(18)17-6-2-4-8-19(17)20/h1-10,13,15,20H,11-12,14H2,(H,27,30)(H,28,29). The fourth-order valence-electron chi connectivity index (χ4n) is 4.71. The van der Waals surface area contributed by atoms with Gasteiger partial charge in [-0.05, 0) is 35.1 Å². The van der Waals surface area contributed by atoms with E-state index in [1.165, 1.54) is 12.4 Å². The largest absolute Gasteiger partial charge is 0.481 e. The smallest absolute Gasteiger partial charge is 0.407 e. The molecule has 156 valence electrons. The van der Waals surface area contributed by atoms with Crippen molar-refractivity contribution >= 4 is 12.1 Å². The van der Waals surface area contributed by atoms with Crippen molar-refractivity contribution < 1.29 is 19.4 Å². The number of benzene rings is 2. The first kappa shape index (κ1) is 19.2. The van der Waals surface area contributed by atoms with E-state index in [9.17, 15) is 14.7 Å². The van der Waals surface area contributed by atoms with Gasteiger partial charge in [0.15, 0.2) is 0 Å². The number of aliphatic carboxylic acids is 1. The number of ether oxygens (including phenoxy) is 1. The Morgan fingerprint density at radius 3 is 2.26 bits per heavy atom. The Morgan fingerprint density at radius 2 is 1.68 bits per heavy atom. The average Bonchev–Trinajstić information content (AvgIpc) is 3.09.